The molecule has 0 saturated carbocycles. The van der Waals surface area contributed by atoms with Crippen LogP contribution in [0.5, 0.6) is 0 Å². The molecule has 1 fully saturated rings. The van der Waals surface area contributed by atoms with E-state index in [-0.39, 0.29) is 23.4 Å². The van der Waals surface area contributed by atoms with E-state index in [0.717, 1.165) is 32.0 Å². The van der Waals surface area contributed by atoms with Gasteiger partial charge in [0, 0.05) is 12.0 Å². The zero-order valence-electron chi connectivity index (χ0n) is 11.8. The van der Waals surface area contributed by atoms with Gasteiger partial charge in [0.1, 0.15) is 11.6 Å². The average Bonchev–Trinajstić information content (AvgIpc) is 2.42. The molecule has 3 nitrogen and oxygen atoms in total. The minimum Gasteiger partial charge on any atom is -0.323 e. The molecule has 1 aliphatic rings. The number of rotatable bonds is 3. The van der Waals surface area contributed by atoms with Gasteiger partial charge in [-0.3, -0.25) is 4.79 Å². The first-order chi connectivity index (χ1) is 9.49. The molecule has 1 saturated heterocycles. The standard InChI is InChI=1S/C15H20F2N2O/c1-9(2)15(20)19-14-7-11(12(16)8-13(14)17)10-3-5-18-6-4-10/h7-10,18H,3-6H2,1-2H3,(H,19,20). The molecule has 0 aromatic heterocycles. The maximum atomic E-state index is 13.9. The van der Waals surface area contributed by atoms with Gasteiger partial charge in [-0.15, -0.1) is 0 Å². The van der Waals surface area contributed by atoms with Gasteiger partial charge >= 0.3 is 0 Å². The van der Waals surface area contributed by atoms with Crippen molar-refractivity contribution >= 4 is 11.6 Å². The van der Waals surface area contributed by atoms with E-state index >= 15 is 0 Å². The van der Waals surface area contributed by atoms with E-state index < -0.39 is 11.6 Å². The molecular weight excluding hydrogens is 262 g/mol. The summed E-state index contributed by atoms with van der Waals surface area (Å²) >= 11 is 0. The van der Waals surface area contributed by atoms with Crippen LogP contribution >= 0.6 is 0 Å². The van der Waals surface area contributed by atoms with Crippen LogP contribution in [0.4, 0.5) is 14.5 Å². The third-order valence-corrected chi connectivity index (χ3v) is 3.65. The maximum Gasteiger partial charge on any atom is 0.227 e. The molecular formula is C15H20F2N2O. The largest absolute Gasteiger partial charge is 0.323 e. The molecule has 0 aliphatic carbocycles. The number of anilines is 1. The molecule has 1 amide bonds. The molecule has 1 aromatic rings. The van der Waals surface area contributed by atoms with Crippen molar-refractivity contribution in [2.24, 2.45) is 5.92 Å². The Labute approximate surface area is 117 Å². The molecule has 1 aromatic carbocycles. The number of carbonyl (C=O) groups excluding carboxylic acids is 1. The Balaban J connectivity index is 2.26. The lowest BCUT2D eigenvalue weighted by molar-refractivity contribution is -0.118. The Bertz CT molecular complexity index is 497. The minimum atomic E-state index is -0.728. The number of halogens is 2. The Morgan fingerprint density at radius 2 is 1.90 bits per heavy atom. The zero-order chi connectivity index (χ0) is 14.7. The summed E-state index contributed by atoms with van der Waals surface area (Å²) in [6, 6.07) is 2.31. The molecule has 5 heteroatoms. The fourth-order valence-corrected chi connectivity index (χ4v) is 2.38. The van der Waals surface area contributed by atoms with E-state index in [1.54, 1.807) is 13.8 Å². The number of amides is 1. The van der Waals surface area contributed by atoms with Crippen molar-refractivity contribution in [1.82, 2.24) is 5.32 Å². The molecule has 0 radical (unpaired) electrons. The van der Waals surface area contributed by atoms with Crippen LogP contribution < -0.4 is 10.6 Å². The normalized spacial score (nSPS) is 16.4. The van der Waals surface area contributed by atoms with Crippen LogP contribution in [0.3, 0.4) is 0 Å². The summed E-state index contributed by atoms with van der Waals surface area (Å²) in [6.45, 7) is 5.11. The van der Waals surface area contributed by atoms with Crippen LogP contribution in [0.15, 0.2) is 12.1 Å². The van der Waals surface area contributed by atoms with E-state index in [9.17, 15) is 13.6 Å². The number of benzene rings is 1. The number of carbonyl (C=O) groups is 1. The predicted molar refractivity (Wildman–Crippen MR) is 74.7 cm³/mol. The molecule has 20 heavy (non-hydrogen) atoms. The second-order valence-electron chi connectivity index (χ2n) is 5.52. The number of hydrogen-bond donors (Lipinski definition) is 2. The lowest BCUT2D eigenvalue weighted by Gasteiger charge is -2.24. The number of piperidine rings is 1. The Morgan fingerprint density at radius 3 is 2.50 bits per heavy atom. The van der Waals surface area contributed by atoms with Gasteiger partial charge in [0.2, 0.25) is 5.91 Å². The molecule has 0 bridgehead atoms. The molecule has 0 unspecified atom stereocenters. The maximum absolute atomic E-state index is 13.9. The highest BCUT2D eigenvalue weighted by Gasteiger charge is 2.21. The fraction of sp³-hybridized carbons (Fsp3) is 0.533. The monoisotopic (exact) mass is 282 g/mol. The van der Waals surface area contributed by atoms with Crippen molar-refractivity contribution in [2.45, 2.75) is 32.6 Å². The summed E-state index contributed by atoms with van der Waals surface area (Å²) in [5.74, 6) is -1.70. The molecule has 0 atom stereocenters. The van der Waals surface area contributed by atoms with Crippen molar-refractivity contribution in [3.05, 3.63) is 29.3 Å². The van der Waals surface area contributed by atoms with Gasteiger partial charge in [0.05, 0.1) is 5.69 Å². The first-order valence-corrected chi connectivity index (χ1v) is 6.99. The van der Waals surface area contributed by atoms with Gasteiger partial charge in [-0.2, -0.15) is 0 Å². The van der Waals surface area contributed by atoms with Gasteiger partial charge in [0.25, 0.3) is 0 Å². The first-order valence-electron chi connectivity index (χ1n) is 6.99. The van der Waals surface area contributed by atoms with Crippen molar-refractivity contribution in [1.29, 1.82) is 0 Å². The summed E-state index contributed by atoms with van der Waals surface area (Å²) < 4.78 is 27.7. The predicted octanol–water partition coefficient (Wildman–Crippen LogP) is 3.03. The molecule has 2 N–H and O–H groups in total. The Kier molecular flexibility index (Phi) is 4.70. The molecule has 1 aliphatic heterocycles. The quantitative estimate of drug-likeness (QED) is 0.894. The van der Waals surface area contributed by atoms with Gasteiger partial charge in [0.15, 0.2) is 0 Å². The van der Waals surface area contributed by atoms with Crippen LogP contribution in [-0.2, 0) is 4.79 Å². The van der Waals surface area contributed by atoms with E-state index in [1.807, 2.05) is 0 Å². The summed E-state index contributed by atoms with van der Waals surface area (Å²) in [7, 11) is 0. The average molecular weight is 282 g/mol. The van der Waals surface area contributed by atoms with Crippen molar-refractivity contribution in [2.75, 3.05) is 18.4 Å². The lowest BCUT2D eigenvalue weighted by atomic mass is 9.89. The third-order valence-electron chi connectivity index (χ3n) is 3.65. The Hall–Kier alpha value is -1.49. The topological polar surface area (TPSA) is 41.1 Å². The van der Waals surface area contributed by atoms with Crippen molar-refractivity contribution < 1.29 is 13.6 Å². The lowest BCUT2D eigenvalue weighted by Crippen LogP contribution is -2.27. The number of nitrogens with one attached hydrogen (secondary N) is 2. The summed E-state index contributed by atoms with van der Waals surface area (Å²) in [6.07, 6.45) is 1.64. The smallest absolute Gasteiger partial charge is 0.227 e. The van der Waals surface area contributed by atoms with Crippen LogP contribution in [0.2, 0.25) is 0 Å². The van der Waals surface area contributed by atoms with Crippen LogP contribution in [0, 0.1) is 17.6 Å². The van der Waals surface area contributed by atoms with Crippen LogP contribution in [0.1, 0.15) is 38.2 Å². The zero-order valence-corrected chi connectivity index (χ0v) is 11.8. The molecule has 1 heterocycles. The highest BCUT2D eigenvalue weighted by Crippen LogP contribution is 2.31. The number of hydrogen-bond acceptors (Lipinski definition) is 2. The van der Waals surface area contributed by atoms with E-state index in [1.165, 1.54) is 6.07 Å². The second kappa shape index (κ2) is 6.31. The van der Waals surface area contributed by atoms with Gasteiger partial charge in [-0.25, -0.2) is 8.78 Å². The Morgan fingerprint density at radius 1 is 1.25 bits per heavy atom. The van der Waals surface area contributed by atoms with Crippen molar-refractivity contribution in [3.63, 3.8) is 0 Å². The summed E-state index contributed by atoms with van der Waals surface area (Å²) in [4.78, 5) is 11.7. The van der Waals surface area contributed by atoms with E-state index in [0.29, 0.717) is 5.56 Å². The molecule has 110 valence electrons. The van der Waals surface area contributed by atoms with Gasteiger partial charge in [-0.05, 0) is 43.5 Å². The summed E-state index contributed by atoms with van der Waals surface area (Å²) in [5.41, 5.74) is 0.561. The minimum absolute atomic E-state index is 0.0682. The van der Waals surface area contributed by atoms with Crippen molar-refractivity contribution in [3.8, 4) is 0 Å². The van der Waals surface area contributed by atoms with Crippen LogP contribution in [-0.4, -0.2) is 19.0 Å². The molecule has 0 spiro atoms. The molecule has 2 rings (SSSR count). The van der Waals surface area contributed by atoms with Gasteiger partial charge in [-0.1, -0.05) is 13.8 Å². The highest BCUT2D eigenvalue weighted by molar-refractivity contribution is 5.92. The summed E-state index contributed by atoms with van der Waals surface area (Å²) in [5, 5.41) is 5.73. The SMILES string of the molecule is CC(C)C(=O)Nc1cc(C2CCNCC2)c(F)cc1F. The van der Waals surface area contributed by atoms with E-state index in [4.69, 9.17) is 0 Å². The second-order valence-corrected chi connectivity index (χ2v) is 5.52. The van der Waals surface area contributed by atoms with Gasteiger partial charge < -0.3 is 10.6 Å². The van der Waals surface area contributed by atoms with E-state index in [2.05, 4.69) is 10.6 Å². The highest BCUT2D eigenvalue weighted by atomic mass is 19.1. The fourth-order valence-electron chi connectivity index (χ4n) is 2.38. The van der Waals surface area contributed by atoms with Crippen LogP contribution in [0.25, 0.3) is 0 Å². The first kappa shape index (κ1) is 14.9. The third kappa shape index (κ3) is 3.33.